The van der Waals surface area contributed by atoms with E-state index in [2.05, 4.69) is 17.0 Å². The molecule has 146 valence electrons. The van der Waals surface area contributed by atoms with E-state index < -0.39 is 0 Å². The second-order valence-corrected chi connectivity index (χ2v) is 7.75. The lowest BCUT2D eigenvalue weighted by molar-refractivity contribution is 0.0767. The molecular formula is C19H25Cl2N5O. The molecule has 1 aliphatic carbocycles. The van der Waals surface area contributed by atoms with Gasteiger partial charge in [0.1, 0.15) is 5.82 Å². The lowest BCUT2D eigenvalue weighted by Crippen LogP contribution is -2.34. The summed E-state index contributed by atoms with van der Waals surface area (Å²) < 4.78 is 1.71. The summed E-state index contributed by atoms with van der Waals surface area (Å²) in [5.74, 6) is 1.85. The number of benzene rings is 1. The molecule has 1 aromatic carbocycles. The van der Waals surface area contributed by atoms with Gasteiger partial charge in [0, 0.05) is 25.6 Å². The smallest absolute Gasteiger partial charge is 0.293 e. The van der Waals surface area contributed by atoms with Crippen molar-refractivity contribution in [3.05, 3.63) is 40.9 Å². The first-order valence-electron chi connectivity index (χ1n) is 9.34. The summed E-state index contributed by atoms with van der Waals surface area (Å²) in [5, 5.41) is 5.11. The zero-order valence-corrected chi connectivity index (χ0v) is 16.9. The molecule has 6 nitrogen and oxygen atoms in total. The summed E-state index contributed by atoms with van der Waals surface area (Å²) in [4.78, 5) is 19.4. The highest BCUT2D eigenvalue weighted by molar-refractivity contribution is 6.32. The Labute approximate surface area is 170 Å². The molecule has 1 aromatic heterocycles. The number of rotatable bonds is 4. The summed E-state index contributed by atoms with van der Waals surface area (Å²) in [6, 6.07) is 7.70. The van der Waals surface area contributed by atoms with Crippen molar-refractivity contribution in [3.8, 4) is 5.69 Å². The van der Waals surface area contributed by atoms with Gasteiger partial charge in [-0.15, -0.1) is 17.5 Å². The SMILES string of the molecule is CCCc1nc(C(=O)N2CC3CCC(N)C3C2)nn1-c1ccccc1Cl.Cl. The molecule has 1 amide bonds. The van der Waals surface area contributed by atoms with Gasteiger partial charge in [0.2, 0.25) is 5.82 Å². The maximum absolute atomic E-state index is 13.0. The fourth-order valence-corrected chi connectivity index (χ4v) is 4.47. The molecule has 0 radical (unpaired) electrons. The number of carbonyl (C=O) groups is 1. The van der Waals surface area contributed by atoms with Gasteiger partial charge in [-0.05, 0) is 43.2 Å². The Kier molecular flexibility index (Phi) is 6.08. The Balaban J connectivity index is 0.00000210. The molecule has 1 saturated carbocycles. The van der Waals surface area contributed by atoms with Crippen molar-refractivity contribution >= 4 is 29.9 Å². The van der Waals surface area contributed by atoms with Crippen LogP contribution in [0.25, 0.3) is 5.69 Å². The predicted molar refractivity (Wildman–Crippen MR) is 108 cm³/mol. The average Bonchev–Trinajstić information content (AvgIpc) is 3.32. The molecule has 1 saturated heterocycles. The number of aryl methyl sites for hydroxylation is 1. The molecule has 8 heteroatoms. The Morgan fingerprint density at radius 2 is 2.07 bits per heavy atom. The Morgan fingerprint density at radius 3 is 2.78 bits per heavy atom. The van der Waals surface area contributed by atoms with E-state index in [0.29, 0.717) is 23.4 Å². The molecular weight excluding hydrogens is 385 g/mol. The van der Waals surface area contributed by atoms with Gasteiger partial charge < -0.3 is 10.6 Å². The molecule has 0 bridgehead atoms. The highest BCUT2D eigenvalue weighted by Crippen LogP contribution is 2.37. The quantitative estimate of drug-likeness (QED) is 0.841. The highest BCUT2D eigenvalue weighted by Gasteiger charge is 2.43. The zero-order chi connectivity index (χ0) is 18.3. The Morgan fingerprint density at radius 1 is 1.30 bits per heavy atom. The molecule has 2 heterocycles. The van der Waals surface area contributed by atoms with Crippen molar-refractivity contribution in [1.82, 2.24) is 19.7 Å². The van der Waals surface area contributed by atoms with Crippen molar-refractivity contribution in [1.29, 1.82) is 0 Å². The molecule has 0 spiro atoms. The van der Waals surface area contributed by atoms with Gasteiger partial charge >= 0.3 is 0 Å². The van der Waals surface area contributed by atoms with Crippen molar-refractivity contribution in [2.45, 2.75) is 38.6 Å². The van der Waals surface area contributed by atoms with Crippen molar-refractivity contribution < 1.29 is 4.79 Å². The normalized spacial score (nSPS) is 24.0. The number of hydrogen-bond acceptors (Lipinski definition) is 4. The van der Waals surface area contributed by atoms with Crippen molar-refractivity contribution in [3.63, 3.8) is 0 Å². The van der Waals surface area contributed by atoms with E-state index in [-0.39, 0.29) is 30.2 Å². The van der Waals surface area contributed by atoms with Crippen LogP contribution in [-0.2, 0) is 6.42 Å². The van der Waals surface area contributed by atoms with Crippen LogP contribution >= 0.6 is 24.0 Å². The third kappa shape index (κ3) is 3.71. The number of carbonyl (C=O) groups excluding carboxylic acids is 1. The molecule has 2 aliphatic rings. The molecule has 2 N–H and O–H groups in total. The summed E-state index contributed by atoms with van der Waals surface area (Å²) in [7, 11) is 0. The number of aromatic nitrogens is 3. The first-order valence-corrected chi connectivity index (χ1v) is 9.72. The van der Waals surface area contributed by atoms with Crippen LogP contribution in [0, 0.1) is 11.8 Å². The lowest BCUT2D eigenvalue weighted by Gasteiger charge is -2.17. The van der Waals surface area contributed by atoms with E-state index in [4.69, 9.17) is 17.3 Å². The first-order chi connectivity index (χ1) is 12.6. The van der Waals surface area contributed by atoms with E-state index in [1.54, 1.807) is 4.68 Å². The summed E-state index contributed by atoms with van der Waals surface area (Å²) in [6.07, 6.45) is 3.83. The molecule has 3 atom stereocenters. The number of fused-ring (bicyclic) bond motifs is 1. The Bertz CT molecular complexity index is 824. The minimum Gasteiger partial charge on any atom is -0.335 e. The molecule has 1 aliphatic heterocycles. The van der Waals surface area contributed by atoms with Gasteiger partial charge in [-0.3, -0.25) is 4.79 Å². The molecule has 2 aromatic rings. The lowest BCUT2D eigenvalue weighted by atomic mass is 9.98. The topological polar surface area (TPSA) is 77.0 Å². The summed E-state index contributed by atoms with van der Waals surface area (Å²) in [5.41, 5.74) is 6.95. The van der Waals surface area contributed by atoms with Crippen LogP contribution in [0.4, 0.5) is 0 Å². The number of hydrogen-bond donors (Lipinski definition) is 1. The van der Waals surface area contributed by atoms with Gasteiger partial charge in [0.25, 0.3) is 5.91 Å². The summed E-state index contributed by atoms with van der Waals surface area (Å²) >= 11 is 6.33. The zero-order valence-electron chi connectivity index (χ0n) is 15.3. The number of nitrogens with two attached hydrogens (primary N) is 1. The molecule has 3 unspecified atom stereocenters. The fourth-order valence-electron chi connectivity index (χ4n) is 4.25. The standard InChI is InChI=1S/C19H24ClN5O.ClH/c1-2-5-17-22-18(23-25(17)16-7-4-3-6-14(16)20)19(26)24-10-12-8-9-15(21)13(12)11-24;/h3-4,6-7,12-13,15H,2,5,8-11,21H2,1H3;1H. The maximum Gasteiger partial charge on any atom is 0.293 e. The van der Waals surface area contributed by atoms with Crippen LogP contribution in [0.2, 0.25) is 5.02 Å². The van der Waals surface area contributed by atoms with E-state index in [9.17, 15) is 4.79 Å². The van der Waals surface area contributed by atoms with Gasteiger partial charge in [-0.2, -0.15) is 0 Å². The van der Waals surface area contributed by atoms with E-state index in [1.807, 2.05) is 29.2 Å². The number of likely N-dealkylation sites (tertiary alicyclic amines) is 1. The average molecular weight is 410 g/mol. The largest absolute Gasteiger partial charge is 0.335 e. The Hall–Kier alpha value is -1.63. The van der Waals surface area contributed by atoms with Crippen LogP contribution < -0.4 is 5.73 Å². The third-order valence-corrected chi connectivity index (χ3v) is 5.94. The minimum absolute atomic E-state index is 0. The maximum atomic E-state index is 13.0. The van der Waals surface area contributed by atoms with Crippen molar-refractivity contribution in [2.75, 3.05) is 13.1 Å². The van der Waals surface area contributed by atoms with Crippen LogP contribution in [0.1, 0.15) is 42.6 Å². The summed E-state index contributed by atoms with van der Waals surface area (Å²) in [6.45, 7) is 3.56. The molecule has 27 heavy (non-hydrogen) atoms. The van der Waals surface area contributed by atoms with E-state index in [1.165, 1.54) is 0 Å². The highest BCUT2D eigenvalue weighted by atomic mass is 35.5. The van der Waals surface area contributed by atoms with E-state index >= 15 is 0 Å². The second-order valence-electron chi connectivity index (χ2n) is 7.34. The van der Waals surface area contributed by atoms with Crippen LogP contribution in [0.15, 0.2) is 24.3 Å². The molecule has 4 rings (SSSR count). The van der Waals surface area contributed by atoms with E-state index in [0.717, 1.165) is 43.7 Å². The number of halogens is 2. The van der Waals surface area contributed by atoms with Gasteiger partial charge in [0.15, 0.2) is 0 Å². The van der Waals surface area contributed by atoms with Crippen molar-refractivity contribution in [2.24, 2.45) is 17.6 Å². The first kappa shape index (κ1) is 20.1. The third-order valence-electron chi connectivity index (χ3n) is 5.62. The monoisotopic (exact) mass is 409 g/mol. The number of para-hydroxylation sites is 1. The number of amides is 1. The van der Waals surface area contributed by atoms with Gasteiger partial charge in [0.05, 0.1) is 10.7 Å². The number of nitrogens with zero attached hydrogens (tertiary/aromatic N) is 4. The van der Waals surface area contributed by atoms with Gasteiger partial charge in [-0.1, -0.05) is 30.7 Å². The second kappa shape index (κ2) is 8.17. The van der Waals surface area contributed by atoms with Crippen LogP contribution in [-0.4, -0.2) is 44.7 Å². The minimum atomic E-state index is -0.102. The van der Waals surface area contributed by atoms with Crippen LogP contribution in [0.3, 0.4) is 0 Å². The molecule has 2 fully saturated rings. The predicted octanol–water partition coefficient (Wildman–Crippen LogP) is 3.10. The van der Waals surface area contributed by atoms with Gasteiger partial charge in [-0.25, -0.2) is 9.67 Å². The van der Waals surface area contributed by atoms with Crippen LogP contribution in [0.5, 0.6) is 0 Å². The fraction of sp³-hybridized carbons (Fsp3) is 0.526.